The molecular formula is C12H15N3. The Balaban J connectivity index is 2.14. The van der Waals surface area contributed by atoms with Crippen LogP contribution in [0.5, 0.6) is 0 Å². The average Bonchev–Trinajstić information content (AvgIpc) is 2.76. The first-order valence-corrected chi connectivity index (χ1v) is 5.24. The summed E-state index contributed by atoms with van der Waals surface area (Å²) in [5.74, 6) is 1.89. The first-order valence-electron chi connectivity index (χ1n) is 5.24. The largest absolute Gasteiger partial charge is 0.370 e. The molecule has 0 fully saturated rings. The van der Waals surface area contributed by atoms with E-state index in [1.54, 1.807) is 0 Å². The van der Waals surface area contributed by atoms with Crippen molar-refractivity contribution < 1.29 is 0 Å². The lowest BCUT2D eigenvalue weighted by molar-refractivity contribution is 0.972. The fourth-order valence-corrected chi connectivity index (χ4v) is 1.41. The van der Waals surface area contributed by atoms with Gasteiger partial charge < -0.3 is 10.3 Å². The molecule has 1 aromatic heterocycles. The minimum atomic E-state index is 0.911. The van der Waals surface area contributed by atoms with Gasteiger partial charge in [0.2, 0.25) is 0 Å². The molecule has 3 nitrogen and oxygen atoms in total. The van der Waals surface area contributed by atoms with Gasteiger partial charge in [-0.2, -0.15) is 0 Å². The van der Waals surface area contributed by atoms with Crippen molar-refractivity contribution in [2.24, 2.45) is 0 Å². The third kappa shape index (κ3) is 2.37. The molecule has 0 amide bonds. The molecule has 0 aliphatic rings. The van der Waals surface area contributed by atoms with E-state index in [1.807, 2.05) is 36.5 Å². The molecule has 0 radical (unpaired) electrons. The van der Waals surface area contributed by atoms with E-state index < -0.39 is 0 Å². The van der Waals surface area contributed by atoms with Crippen LogP contribution in [0.1, 0.15) is 13.3 Å². The highest BCUT2D eigenvalue weighted by Crippen LogP contribution is 2.16. The molecule has 3 heteroatoms. The first-order chi connectivity index (χ1) is 7.40. The maximum absolute atomic E-state index is 4.32. The van der Waals surface area contributed by atoms with Crippen LogP contribution in [0.15, 0.2) is 36.5 Å². The van der Waals surface area contributed by atoms with Crippen molar-refractivity contribution >= 4 is 5.82 Å². The second-order valence-corrected chi connectivity index (χ2v) is 3.44. The summed E-state index contributed by atoms with van der Waals surface area (Å²) < 4.78 is 0. The summed E-state index contributed by atoms with van der Waals surface area (Å²) in [6, 6.07) is 10.1. The van der Waals surface area contributed by atoms with Gasteiger partial charge in [-0.05, 0) is 6.42 Å². The second kappa shape index (κ2) is 4.64. The summed E-state index contributed by atoms with van der Waals surface area (Å²) >= 11 is 0. The van der Waals surface area contributed by atoms with Crippen LogP contribution in [0, 0.1) is 0 Å². The smallest absolute Gasteiger partial charge is 0.138 e. The Kier molecular flexibility index (Phi) is 3.02. The van der Waals surface area contributed by atoms with Crippen LogP contribution in [-0.4, -0.2) is 16.5 Å². The minimum Gasteiger partial charge on any atom is -0.370 e. The SMILES string of the molecule is CCCNc1cnc(-c2ccccc2)[nH]1. The number of rotatable bonds is 4. The van der Waals surface area contributed by atoms with E-state index in [9.17, 15) is 0 Å². The van der Waals surface area contributed by atoms with Crippen molar-refractivity contribution in [3.63, 3.8) is 0 Å². The molecule has 2 N–H and O–H groups in total. The molecule has 1 heterocycles. The quantitative estimate of drug-likeness (QED) is 0.798. The lowest BCUT2D eigenvalue weighted by Crippen LogP contribution is -1.99. The number of aromatic nitrogens is 2. The van der Waals surface area contributed by atoms with E-state index in [-0.39, 0.29) is 0 Å². The fraction of sp³-hybridized carbons (Fsp3) is 0.250. The highest BCUT2D eigenvalue weighted by molar-refractivity contribution is 5.57. The van der Waals surface area contributed by atoms with Gasteiger partial charge in [0.05, 0.1) is 6.20 Å². The average molecular weight is 201 g/mol. The molecule has 2 rings (SSSR count). The molecule has 0 atom stereocenters. The number of nitrogens with one attached hydrogen (secondary N) is 2. The van der Waals surface area contributed by atoms with Gasteiger partial charge in [-0.1, -0.05) is 37.3 Å². The number of anilines is 1. The Hall–Kier alpha value is -1.77. The van der Waals surface area contributed by atoms with Gasteiger partial charge in [0.1, 0.15) is 11.6 Å². The zero-order valence-electron chi connectivity index (χ0n) is 8.83. The summed E-state index contributed by atoms with van der Waals surface area (Å²) in [4.78, 5) is 7.56. The van der Waals surface area contributed by atoms with Crippen molar-refractivity contribution in [1.82, 2.24) is 9.97 Å². The molecule has 0 aliphatic carbocycles. The Labute approximate surface area is 89.6 Å². The predicted octanol–water partition coefficient (Wildman–Crippen LogP) is 2.90. The highest BCUT2D eigenvalue weighted by atomic mass is 15.1. The number of hydrogen-bond acceptors (Lipinski definition) is 2. The molecule has 15 heavy (non-hydrogen) atoms. The maximum Gasteiger partial charge on any atom is 0.138 e. The Morgan fingerprint density at radius 3 is 2.80 bits per heavy atom. The predicted molar refractivity (Wildman–Crippen MR) is 62.8 cm³/mol. The van der Waals surface area contributed by atoms with E-state index in [0.717, 1.165) is 30.2 Å². The van der Waals surface area contributed by atoms with Crippen LogP contribution >= 0.6 is 0 Å². The topological polar surface area (TPSA) is 40.7 Å². The summed E-state index contributed by atoms with van der Waals surface area (Å²) in [7, 11) is 0. The fourth-order valence-electron chi connectivity index (χ4n) is 1.41. The highest BCUT2D eigenvalue weighted by Gasteiger charge is 2.01. The number of benzene rings is 1. The summed E-state index contributed by atoms with van der Waals surface area (Å²) in [5.41, 5.74) is 1.11. The zero-order chi connectivity index (χ0) is 10.5. The molecule has 2 aromatic rings. The summed E-state index contributed by atoms with van der Waals surface area (Å²) in [6.07, 6.45) is 2.94. The summed E-state index contributed by atoms with van der Waals surface area (Å²) in [5, 5.41) is 3.27. The third-order valence-electron chi connectivity index (χ3n) is 2.19. The van der Waals surface area contributed by atoms with Gasteiger partial charge in [-0.25, -0.2) is 4.98 Å². The number of nitrogens with zero attached hydrogens (tertiary/aromatic N) is 1. The first kappa shape index (κ1) is 9.77. The number of aromatic amines is 1. The Bertz CT molecular complexity index is 406. The molecular weight excluding hydrogens is 186 g/mol. The molecule has 0 unspecified atom stereocenters. The van der Waals surface area contributed by atoms with E-state index in [0.29, 0.717) is 0 Å². The minimum absolute atomic E-state index is 0.911. The molecule has 0 bridgehead atoms. The Morgan fingerprint density at radius 1 is 1.27 bits per heavy atom. The number of imidazole rings is 1. The van der Waals surface area contributed by atoms with Gasteiger partial charge in [0, 0.05) is 12.1 Å². The molecule has 1 aromatic carbocycles. The van der Waals surface area contributed by atoms with Crippen molar-refractivity contribution in [2.75, 3.05) is 11.9 Å². The van der Waals surface area contributed by atoms with Crippen LogP contribution in [0.4, 0.5) is 5.82 Å². The van der Waals surface area contributed by atoms with Gasteiger partial charge in [0.25, 0.3) is 0 Å². The number of hydrogen-bond donors (Lipinski definition) is 2. The lowest BCUT2D eigenvalue weighted by atomic mass is 10.2. The van der Waals surface area contributed by atoms with Crippen LogP contribution in [0.25, 0.3) is 11.4 Å². The van der Waals surface area contributed by atoms with E-state index in [1.165, 1.54) is 0 Å². The van der Waals surface area contributed by atoms with Crippen LogP contribution in [0.2, 0.25) is 0 Å². The van der Waals surface area contributed by atoms with Crippen LogP contribution in [0.3, 0.4) is 0 Å². The van der Waals surface area contributed by atoms with E-state index in [2.05, 4.69) is 22.2 Å². The van der Waals surface area contributed by atoms with Crippen LogP contribution in [-0.2, 0) is 0 Å². The monoisotopic (exact) mass is 201 g/mol. The van der Waals surface area contributed by atoms with Crippen molar-refractivity contribution in [1.29, 1.82) is 0 Å². The van der Waals surface area contributed by atoms with E-state index >= 15 is 0 Å². The molecule has 0 saturated heterocycles. The lowest BCUT2D eigenvalue weighted by Gasteiger charge is -1.99. The summed E-state index contributed by atoms with van der Waals surface area (Å²) in [6.45, 7) is 3.11. The van der Waals surface area contributed by atoms with Gasteiger partial charge in [0.15, 0.2) is 0 Å². The molecule has 0 spiro atoms. The normalized spacial score (nSPS) is 10.2. The van der Waals surface area contributed by atoms with Crippen molar-refractivity contribution in [2.45, 2.75) is 13.3 Å². The maximum atomic E-state index is 4.32. The van der Waals surface area contributed by atoms with Crippen molar-refractivity contribution in [3.8, 4) is 11.4 Å². The van der Waals surface area contributed by atoms with Gasteiger partial charge >= 0.3 is 0 Å². The Morgan fingerprint density at radius 2 is 2.07 bits per heavy atom. The van der Waals surface area contributed by atoms with Gasteiger partial charge in [-0.15, -0.1) is 0 Å². The molecule has 0 saturated carbocycles. The molecule has 78 valence electrons. The standard InChI is InChI=1S/C12H15N3/c1-2-8-13-11-9-14-12(15-11)10-6-4-3-5-7-10/h3-7,9,13H,2,8H2,1H3,(H,14,15). The van der Waals surface area contributed by atoms with Crippen LogP contribution < -0.4 is 5.32 Å². The van der Waals surface area contributed by atoms with E-state index in [4.69, 9.17) is 0 Å². The number of H-pyrrole nitrogens is 1. The van der Waals surface area contributed by atoms with Gasteiger partial charge in [-0.3, -0.25) is 0 Å². The van der Waals surface area contributed by atoms with Crippen molar-refractivity contribution in [3.05, 3.63) is 36.5 Å². The second-order valence-electron chi connectivity index (χ2n) is 3.44. The third-order valence-corrected chi connectivity index (χ3v) is 2.19. The molecule has 0 aliphatic heterocycles. The zero-order valence-corrected chi connectivity index (χ0v) is 8.83.